The van der Waals surface area contributed by atoms with Crippen molar-refractivity contribution in [1.29, 1.82) is 0 Å². The average molecular weight is 314 g/mol. The molecular weight excluding hydrogens is 296 g/mol. The van der Waals surface area contributed by atoms with Crippen LogP contribution in [0.2, 0.25) is 0 Å². The van der Waals surface area contributed by atoms with Crippen molar-refractivity contribution in [3.05, 3.63) is 12.2 Å². The molecule has 0 aliphatic rings. The average Bonchev–Trinajstić information content (AvgIpc) is 2.31. The third-order valence-corrected chi connectivity index (χ3v) is 2.27. The van der Waals surface area contributed by atoms with E-state index in [1.807, 2.05) is 0 Å². The van der Waals surface area contributed by atoms with Crippen LogP contribution in [0, 0.1) is 5.41 Å². The zero-order valence-electron chi connectivity index (χ0n) is 12.3. The number of ether oxygens (including phenoxy) is 2. The molecular formula is C13H18F4O4. The van der Waals surface area contributed by atoms with Gasteiger partial charge in [-0.25, -0.2) is 4.79 Å². The molecule has 0 saturated heterocycles. The van der Waals surface area contributed by atoms with E-state index in [1.54, 1.807) is 0 Å². The summed E-state index contributed by atoms with van der Waals surface area (Å²) in [6.07, 6.45) is 0. The first-order valence-corrected chi connectivity index (χ1v) is 5.96. The lowest BCUT2D eigenvalue weighted by atomic mass is 9.97. The zero-order valence-corrected chi connectivity index (χ0v) is 12.3. The van der Waals surface area contributed by atoms with E-state index >= 15 is 0 Å². The summed E-state index contributed by atoms with van der Waals surface area (Å²) in [5, 5.41) is 0. The van der Waals surface area contributed by atoms with Crippen molar-refractivity contribution >= 4 is 11.9 Å². The molecule has 0 aromatic rings. The van der Waals surface area contributed by atoms with Gasteiger partial charge < -0.3 is 9.47 Å². The van der Waals surface area contributed by atoms with Gasteiger partial charge in [-0.05, 0) is 27.7 Å². The maximum Gasteiger partial charge on any atom is 0.346 e. The first-order valence-electron chi connectivity index (χ1n) is 5.96. The normalized spacial score (nSPS) is 12.8. The second-order valence-electron chi connectivity index (χ2n) is 5.59. The van der Waals surface area contributed by atoms with Crippen LogP contribution in [0.15, 0.2) is 12.2 Å². The first-order chi connectivity index (χ1) is 9.21. The van der Waals surface area contributed by atoms with Crippen LogP contribution in [0.25, 0.3) is 0 Å². The highest BCUT2D eigenvalue weighted by Gasteiger charge is 2.58. The summed E-state index contributed by atoms with van der Waals surface area (Å²) in [5.74, 6) is -11.6. The summed E-state index contributed by atoms with van der Waals surface area (Å²) in [7, 11) is 0. The number of halogens is 4. The molecule has 0 aliphatic heterocycles. The molecule has 0 aliphatic carbocycles. The summed E-state index contributed by atoms with van der Waals surface area (Å²) < 4.78 is 61.6. The van der Waals surface area contributed by atoms with Gasteiger partial charge in [0.05, 0.1) is 5.41 Å². The van der Waals surface area contributed by atoms with Crippen LogP contribution in [-0.4, -0.2) is 37.0 Å². The monoisotopic (exact) mass is 314 g/mol. The number of alkyl halides is 4. The summed E-state index contributed by atoms with van der Waals surface area (Å²) >= 11 is 0. The second kappa shape index (κ2) is 6.44. The Morgan fingerprint density at radius 2 is 1.33 bits per heavy atom. The molecule has 4 nitrogen and oxygen atoms in total. The predicted molar refractivity (Wildman–Crippen MR) is 66.1 cm³/mol. The fourth-order valence-corrected chi connectivity index (χ4v) is 0.863. The minimum absolute atomic E-state index is 0.201. The summed E-state index contributed by atoms with van der Waals surface area (Å²) in [5.41, 5.74) is -1.30. The van der Waals surface area contributed by atoms with Gasteiger partial charge >= 0.3 is 23.8 Å². The van der Waals surface area contributed by atoms with E-state index in [2.05, 4.69) is 16.1 Å². The van der Waals surface area contributed by atoms with Crippen molar-refractivity contribution in [2.45, 2.75) is 39.5 Å². The highest BCUT2D eigenvalue weighted by atomic mass is 19.3. The van der Waals surface area contributed by atoms with E-state index in [4.69, 9.17) is 0 Å². The lowest BCUT2D eigenvalue weighted by Crippen LogP contribution is -2.48. The first kappa shape index (κ1) is 19.4. The topological polar surface area (TPSA) is 52.6 Å². The Bertz CT molecular complexity index is 424. The fraction of sp³-hybridized carbons (Fsp3) is 0.692. The van der Waals surface area contributed by atoms with E-state index in [0.29, 0.717) is 0 Å². The van der Waals surface area contributed by atoms with Gasteiger partial charge in [-0.3, -0.25) is 4.79 Å². The minimum atomic E-state index is -4.67. The molecule has 0 aromatic heterocycles. The van der Waals surface area contributed by atoms with Crippen molar-refractivity contribution in [2.24, 2.45) is 5.41 Å². The largest absolute Gasteiger partial charge is 0.459 e. The summed E-state index contributed by atoms with van der Waals surface area (Å²) in [6.45, 7) is 4.84. The smallest absolute Gasteiger partial charge is 0.346 e. The molecule has 0 atom stereocenters. The van der Waals surface area contributed by atoms with E-state index in [1.165, 1.54) is 27.7 Å². The van der Waals surface area contributed by atoms with Gasteiger partial charge in [0.15, 0.2) is 13.2 Å². The quantitative estimate of drug-likeness (QED) is 0.430. The molecule has 0 radical (unpaired) electrons. The van der Waals surface area contributed by atoms with Crippen LogP contribution in [-0.2, 0) is 19.1 Å². The Balaban J connectivity index is 4.69. The SMILES string of the molecule is C=C(C)C(=O)OCC(F)(F)C(F)(F)COC(=O)C(C)(C)C. The molecule has 0 amide bonds. The van der Waals surface area contributed by atoms with E-state index in [0.717, 1.165) is 0 Å². The molecule has 0 spiro atoms. The molecule has 8 heteroatoms. The maximum atomic E-state index is 13.4. The molecule has 0 heterocycles. The van der Waals surface area contributed by atoms with Crippen molar-refractivity contribution in [2.75, 3.05) is 13.2 Å². The zero-order chi connectivity index (χ0) is 17.1. The molecule has 21 heavy (non-hydrogen) atoms. The molecule has 0 rings (SSSR count). The van der Waals surface area contributed by atoms with Gasteiger partial charge in [-0.15, -0.1) is 0 Å². The lowest BCUT2D eigenvalue weighted by Gasteiger charge is -2.27. The third kappa shape index (κ3) is 5.73. The van der Waals surface area contributed by atoms with Gasteiger partial charge in [-0.1, -0.05) is 6.58 Å². The maximum absolute atomic E-state index is 13.4. The number of hydrogen-bond donors (Lipinski definition) is 0. The molecule has 0 aromatic carbocycles. The summed E-state index contributed by atoms with van der Waals surface area (Å²) in [6, 6.07) is 0. The van der Waals surface area contributed by atoms with Crippen molar-refractivity contribution in [3.8, 4) is 0 Å². The number of carbonyl (C=O) groups is 2. The van der Waals surface area contributed by atoms with Gasteiger partial charge in [-0.2, -0.15) is 17.6 Å². The Hall–Kier alpha value is -1.60. The van der Waals surface area contributed by atoms with Crippen LogP contribution in [0.3, 0.4) is 0 Å². The van der Waals surface area contributed by atoms with Gasteiger partial charge in [0.1, 0.15) is 0 Å². The molecule has 0 unspecified atom stereocenters. The number of hydrogen-bond acceptors (Lipinski definition) is 4. The predicted octanol–water partition coefficient (Wildman–Crippen LogP) is 2.97. The fourth-order valence-electron chi connectivity index (χ4n) is 0.863. The Morgan fingerprint density at radius 1 is 0.952 bits per heavy atom. The van der Waals surface area contributed by atoms with Crippen LogP contribution in [0.4, 0.5) is 17.6 Å². The number of carbonyl (C=O) groups excluding carboxylic acids is 2. The van der Waals surface area contributed by atoms with Crippen molar-refractivity contribution in [1.82, 2.24) is 0 Å². The van der Waals surface area contributed by atoms with E-state index < -0.39 is 42.4 Å². The molecule has 0 N–H and O–H groups in total. The van der Waals surface area contributed by atoms with Crippen molar-refractivity contribution < 1.29 is 36.6 Å². The molecule has 122 valence electrons. The summed E-state index contributed by atoms with van der Waals surface area (Å²) in [4.78, 5) is 22.2. The van der Waals surface area contributed by atoms with Crippen LogP contribution < -0.4 is 0 Å². The van der Waals surface area contributed by atoms with Gasteiger partial charge in [0.25, 0.3) is 0 Å². The number of esters is 2. The van der Waals surface area contributed by atoms with Crippen molar-refractivity contribution in [3.63, 3.8) is 0 Å². The Kier molecular flexibility index (Phi) is 5.95. The highest BCUT2D eigenvalue weighted by Crippen LogP contribution is 2.35. The van der Waals surface area contributed by atoms with E-state index in [9.17, 15) is 27.2 Å². The highest BCUT2D eigenvalue weighted by molar-refractivity contribution is 5.86. The molecule has 0 bridgehead atoms. The van der Waals surface area contributed by atoms with E-state index in [-0.39, 0.29) is 5.57 Å². The van der Waals surface area contributed by atoms with Crippen LogP contribution in [0.1, 0.15) is 27.7 Å². The van der Waals surface area contributed by atoms with Gasteiger partial charge in [0.2, 0.25) is 0 Å². The second-order valence-corrected chi connectivity index (χ2v) is 5.59. The molecule has 0 fully saturated rings. The van der Waals surface area contributed by atoms with Crippen LogP contribution >= 0.6 is 0 Å². The third-order valence-electron chi connectivity index (χ3n) is 2.27. The van der Waals surface area contributed by atoms with Crippen LogP contribution in [0.5, 0.6) is 0 Å². The Morgan fingerprint density at radius 3 is 1.67 bits per heavy atom. The Labute approximate surface area is 120 Å². The molecule has 0 saturated carbocycles. The minimum Gasteiger partial charge on any atom is -0.459 e. The standard InChI is InChI=1S/C13H18F4O4/c1-8(2)9(18)20-6-12(14,15)13(16,17)7-21-10(19)11(3,4)5/h1,6-7H2,2-5H3. The lowest BCUT2D eigenvalue weighted by molar-refractivity contribution is -0.248. The number of rotatable bonds is 6. The van der Waals surface area contributed by atoms with Gasteiger partial charge in [0, 0.05) is 5.57 Å².